The number of methoxy groups -OCH3 is 1. The van der Waals surface area contributed by atoms with E-state index in [1.165, 1.54) is 0 Å². The van der Waals surface area contributed by atoms with Crippen molar-refractivity contribution in [2.24, 2.45) is 5.92 Å². The average molecular weight is 235 g/mol. The molecule has 1 aliphatic heterocycles. The second kappa shape index (κ2) is 5.68. The van der Waals surface area contributed by atoms with E-state index < -0.39 is 0 Å². The Morgan fingerprint density at radius 3 is 2.76 bits per heavy atom. The first-order chi connectivity index (χ1) is 8.31. The highest BCUT2D eigenvalue weighted by atomic mass is 16.5. The third-order valence-electron chi connectivity index (χ3n) is 2.96. The molecule has 92 valence electrons. The molecule has 1 amide bonds. The van der Waals surface area contributed by atoms with Crippen molar-refractivity contribution in [2.75, 3.05) is 25.6 Å². The molecule has 0 aromatic heterocycles. The summed E-state index contributed by atoms with van der Waals surface area (Å²) in [4.78, 5) is 12.0. The summed E-state index contributed by atoms with van der Waals surface area (Å²) in [6, 6.07) is 7.43. The van der Waals surface area contributed by atoms with Gasteiger partial charge in [-0.3, -0.25) is 4.79 Å². The van der Waals surface area contributed by atoms with Gasteiger partial charge in [0.25, 0.3) is 0 Å². The zero-order chi connectivity index (χ0) is 12.1. The molecule has 0 spiro atoms. The molecule has 0 aliphatic carbocycles. The van der Waals surface area contributed by atoms with Crippen molar-refractivity contribution in [2.45, 2.75) is 12.8 Å². The molecule has 1 heterocycles. The van der Waals surface area contributed by atoms with Crippen LogP contribution in [0.2, 0.25) is 0 Å². The number of amides is 1. The minimum absolute atomic E-state index is 0.0497. The molecular weight excluding hydrogens is 218 g/mol. The topological polar surface area (TPSA) is 47.6 Å². The molecule has 2 rings (SSSR count). The highest BCUT2D eigenvalue weighted by Gasteiger charge is 2.22. The molecule has 1 fully saturated rings. The van der Waals surface area contributed by atoms with E-state index >= 15 is 0 Å². The summed E-state index contributed by atoms with van der Waals surface area (Å²) < 4.78 is 10.4. The first-order valence-electron chi connectivity index (χ1n) is 5.83. The second-order valence-corrected chi connectivity index (χ2v) is 4.08. The monoisotopic (exact) mass is 235 g/mol. The van der Waals surface area contributed by atoms with Crippen LogP contribution in [0.15, 0.2) is 24.3 Å². The Labute approximate surface area is 101 Å². The van der Waals surface area contributed by atoms with Crippen LogP contribution in [0.3, 0.4) is 0 Å². The van der Waals surface area contributed by atoms with Crippen molar-refractivity contribution in [3.05, 3.63) is 24.3 Å². The van der Waals surface area contributed by atoms with Gasteiger partial charge in [-0.2, -0.15) is 0 Å². The van der Waals surface area contributed by atoms with E-state index in [0.29, 0.717) is 19.0 Å². The Bertz CT molecular complexity index is 386. The van der Waals surface area contributed by atoms with Gasteiger partial charge in [0.05, 0.1) is 12.8 Å². The lowest BCUT2D eigenvalue weighted by Gasteiger charge is -2.21. The Morgan fingerprint density at radius 2 is 2.06 bits per heavy atom. The van der Waals surface area contributed by atoms with Crippen LogP contribution < -0.4 is 10.1 Å². The molecule has 1 aromatic rings. The number of rotatable bonds is 3. The Morgan fingerprint density at radius 1 is 1.35 bits per heavy atom. The predicted octanol–water partition coefficient (Wildman–Crippen LogP) is 2.06. The first-order valence-corrected chi connectivity index (χ1v) is 5.83. The van der Waals surface area contributed by atoms with E-state index in [-0.39, 0.29) is 11.8 Å². The van der Waals surface area contributed by atoms with E-state index in [2.05, 4.69) is 5.32 Å². The lowest BCUT2D eigenvalue weighted by atomic mass is 9.99. The van der Waals surface area contributed by atoms with Crippen LogP contribution in [0.4, 0.5) is 5.69 Å². The quantitative estimate of drug-likeness (QED) is 0.872. The molecule has 1 saturated heterocycles. The van der Waals surface area contributed by atoms with E-state index in [1.54, 1.807) is 7.11 Å². The van der Waals surface area contributed by atoms with E-state index in [4.69, 9.17) is 9.47 Å². The number of nitrogens with one attached hydrogen (secondary N) is 1. The summed E-state index contributed by atoms with van der Waals surface area (Å²) in [6.07, 6.45) is 1.59. The number of benzene rings is 1. The highest BCUT2D eigenvalue weighted by molar-refractivity contribution is 5.93. The third kappa shape index (κ3) is 2.97. The summed E-state index contributed by atoms with van der Waals surface area (Å²) in [7, 11) is 1.60. The molecule has 0 unspecified atom stereocenters. The minimum atomic E-state index is 0.0497. The lowest BCUT2D eigenvalue weighted by Crippen LogP contribution is -2.28. The second-order valence-electron chi connectivity index (χ2n) is 4.08. The van der Waals surface area contributed by atoms with Crippen LogP contribution >= 0.6 is 0 Å². The number of anilines is 1. The Hall–Kier alpha value is -1.55. The summed E-state index contributed by atoms with van der Waals surface area (Å²) in [6.45, 7) is 1.34. The van der Waals surface area contributed by atoms with Crippen molar-refractivity contribution in [3.8, 4) is 5.75 Å². The van der Waals surface area contributed by atoms with Gasteiger partial charge >= 0.3 is 0 Å². The van der Waals surface area contributed by atoms with Crippen LogP contribution in [-0.4, -0.2) is 26.2 Å². The fraction of sp³-hybridized carbons (Fsp3) is 0.462. The first kappa shape index (κ1) is 11.9. The van der Waals surface area contributed by atoms with Gasteiger partial charge in [-0.1, -0.05) is 12.1 Å². The van der Waals surface area contributed by atoms with Gasteiger partial charge in [0.15, 0.2) is 0 Å². The van der Waals surface area contributed by atoms with Crippen LogP contribution in [0.25, 0.3) is 0 Å². The summed E-state index contributed by atoms with van der Waals surface area (Å²) in [5.74, 6) is 0.791. The SMILES string of the molecule is COc1ccccc1NC(=O)C1CCOCC1. The van der Waals surface area contributed by atoms with Gasteiger partial charge < -0.3 is 14.8 Å². The van der Waals surface area contributed by atoms with Crippen molar-refractivity contribution in [1.82, 2.24) is 0 Å². The Balaban J connectivity index is 2.01. The molecular formula is C13H17NO3. The van der Waals surface area contributed by atoms with Crippen molar-refractivity contribution in [1.29, 1.82) is 0 Å². The fourth-order valence-electron chi connectivity index (χ4n) is 1.94. The largest absolute Gasteiger partial charge is 0.495 e. The molecule has 1 aromatic carbocycles. The van der Waals surface area contributed by atoms with Gasteiger partial charge in [-0.15, -0.1) is 0 Å². The minimum Gasteiger partial charge on any atom is -0.495 e. The van der Waals surface area contributed by atoms with Crippen LogP contribution in [-0.2, 0) is 9.53 Å². The molecule has 4 heteroatoms. The Kier molecular flexibility index (Phi) is 3.98. The van der Waals surface area contributed by atoms with Crippen molar-refractivity contribution >= 4 is 11.6 Å². The van der Waals surface area contributed by atoms with Crippen LogP contribution in [0.1, 0.15) is 12.8 Å². The third-order valence-corrected chi connectivity index (χ3v) is 2.96. The number of para-hydroxylation sites is 2. The number of hydrogen-bond donors (Lipinski definition) is 1. The number of ether oxygens (including phenoxy) is 2. The average Bonchev–Trinajstić information content (AvgIpc) is 2.40. The van der Waals surface area contributed by atoms with Gasteiger partial charge in [0.1, 0.15) is 5.75 Å². The predicted molar refractivity (Wildman–Crippen MR) is 65.2 cm³/mol. The lowest BCUT2D eigenvalue weighted by molar-refractivity contribution is -0.122. The molecule has 1 N–H and O–H groups in total. The number of hydrogen-bond acceptors (Lipinski definition) is 3. The molecule has 0 atom stereocenters. The summed E-state index contributed by atoms with van der Waals surface area (Å²) in [5, 5.41) is 2.91. The highest BCUT2D eigenvalue weighted by Crippen LogP contribution is 2.25. The summed E-state index contributed by atoms with van der Waals surface area (Å²) in [5.41, 5.74) is 0.728. The molecule has 1 aliphatic rings. The number of carbonyl (C=O) groups excluding carboxylic acids is 1. The maximum absolute atomic E-state index is 12.0. The van der Waals surface area contributed by atoms with E-state index in [9.17, 15) is 4.79 Å². The molecule has 4 nitrogen and oxygen atoms in total. The maximum atomic E-state index is 12.0. The smallest absolute Gasteiger partial charge is 0.227 e. The fourth-order valence-corrected chi connectivity index (χ4v) is 1.94. The van der Waals surface area contributed by atoms with Crippen LogP contribution in [0.5, 0.6) is 5.75 Å². The van der Waals surface area contributed by atoms with Gasteiger partial charge in [-0.05, 0) is 25.0 Å². The van der Waals surface area contributed by atoms with Crippen LogP contribution in [0, 0.1) is 5.92 Å². The summed E-state index contributed by atoms with van der Waals surface area (Å²) >= 11 is 0. The molecule has 0 bridgehead atoms. The molecule has 0 radical (unpaired) electrons. The van der Waals surface area contributed by atoms with E-state index in [0.717, 1.165) is 18.5 Å². The molecule has 17 heavy (non-hydrogen) atoms. The normalized spacial score (nSPS) is 16.5. The van der Waals surface area contributed by atoms with E-state index in [1.807, 2.05) is 24.3 Å². The van der Waals surface area contributed by atoms with Gasteiger partial charge in [-0.25, -0.2) is 0 Å². The number of carbonyl (C=O) groups is 1. The van der Waals surface area contributed by atoms with Crippen molar-refractivity contribution in [3.63, 3.8) is 0 Å². The van der Waals surface area contributed by atoms with Gasteiger partial charge in [0.2, 0.25) is 5.91 Å². The zero-order valence-corrected chi connectivity index (χ0v) is 9.94. The van der Waals surface area contributed by atoms with Gasteiger partial charge in [0, 0.05) is 19.1 Å². The molecule has 0 saturated carbocycles. The standard InChI is InChI=1S/C13H17NO3/c1-16-12-5-3-2-4-11(12)14-13(15)10-6-8-17-9-7-10/h2-5,10H,6-9H2,1H3,(H,14,15). The van der Waals surface area contributed by atoms with Crippen molar-refractivity contribution < 1.29 is 14.3 Å². The zero-order valence-electron chi connectivity index (χ0n) is 9.94. The maximum Gasteiger partial charge on any atom is 0.227 e.